The van der Waals surface area contributed by atoms with E-state index in [9.17, 15) is 14.7 Å². The summed E-state index contributed by atoms with van der Waals surface area (Å²) in [7, 11) is 0. The number of carbonyl (C=O) groups excluding carboxylic acids is 1. The topological polar surface area (TPSA) is 98.8 Å². The number of aryl methyl sites for hydroxylation is 1. The van der Waals surface area contributed by atoms with Crippen molar-refractivity contribution in [3.8, 4) is 11.1 Å². The van der Waals surface area contributed by atoms with Gasteiger partial charge in [-0.25, -0.2) is 9.78 Å². The third-order valence-corrected chi connectivity index (χ3v) is 8.19. The van der Waals surface area contributed by atoms with Crippen LogP contribution in [0.1, 0.15) is 54.0 Å². The summed E-state index contributed by atoms with van der Waals surface area (Å²) in [5.74, 6) is 0.227. The lowest BCUT2D eigenvalue weighted by Gasteiger charge is -2.36. The van der Waals surface area contributed by atoms with Gasteiger partial charge in [0.05, 0.1) is 6.04 Å². The van der Waals surface area contributed by atoms with E-state index in [2.05, 4.69) is 35.1 Å². The van der Waals surface area contributed by atoms with Gasteiger partial charge in [0.25, 0.3) is 0 Å². The zero-order valence-electron chi connectivity index (χ0n) is 20.6. The highest BCUT2D eigenvalue weighted by Gasteiger charge is 2.35. The van der Waals surface area contributed by atoms with Crippen molar-refractivity contribution in [3.05, 3.63) is 52.8 Å². The molecule has 5 heterocycles. The largest absolute Gasteiger partial charge is 0.465 e. The van der Waals surface area contributed by atoms with Gasteiger partial charge in [-0.15, -0.1) is 0 Å². The van der Waals surface area contributed by atoms with Crippen molar-refractivity contribution >= 4 is 23.0 Å². The molecule has 2 fully saturated rings. The van der Waals surface area contributed by atoms with Gasteiger partial charge in [0.1, 0.15) is 5.65 Å². The average molecular weight is 489 g/mol. The molecule has 2 saturated heterocycles. The number of carbonyl (C=O) groups is 2. The fourth-order valence-corrected chi connectivity index (χ4v) is 6.16. The first-order valence-corrected chi connectivity index (χ1v) is 13.0. The van der Waals surface area contributed by atoms with Gasteiger partial charge < -0.3 is 24.6 Å². The van der Waals surface area contributed by atoms with Gasteiger partial charge in [0.15, 0.2) is 0 Å². The van der Waals surface area contributed by atoms with E-state index in [1.807, 2.05) is 17.3 Å². The minimum Gasteiger partial charge on any atom is -0.465 e. The van der Waals surface area contributed by atoms with Crippen molar-refractivity contribution in [1.29, 1.82) is 0 Å². The number of H-pyrrole nitrogens is 1. The molecule has 3 aromatic rings. The molecule has 2 amide bonds. The summed E-state index contributed by atoms with van der Waals surface area (Å²) < 4.78 is 5.46. The maximum atomic E-state index is 13.3. The van der Waals surface area contributed by atoms with Crippen molar-refractivity contribution in [2.75, 3.05) is 26.3 Å². The fraction of sp³-hybridized carbons (Fsp3) is 0.464. The molecule has 6 rings (SSSR count). The number of likely N-dealkylation sites (tertiary alicyclic amines) is 1. The first kappa shape index (κ1) is 23.0. The number of nitrogens with zero attached hydrogens (tertiary/aromatic N) is 3. The molecule has 0 radical (unpaired) electrons. The van der Waals surface area contributed by atoms with Crippen molar-refractivity contribution < 1.29 is 19.4 Å². The lowest BCUT2D eigenvalue weighted by molar-refractivity contribution is -0.139. The number of hydrogen-bond donors (Lipinski definition) is 2. The summed E-state index contributed by atoms with van der Waals surface area (Å²) in [5.41, 5.74) is 7.46. The molecule has 188 valence electrons. The van der Waals surface area contributed by atoms with Crippen molar-refractivity contribution in [3.63, 3.8) is 0 Å². The highest BCUT2D eigenvalue weighted by Crippen LogP contribution is 2.40. The molecule has 36 heavy (non-hydrogen) atoms. The first-order valence-electron chi connectivity index (χ1n) is 13.0. The normalized spacial score (nSPS) is 20.6. The molecule has 3 aliphatic heterocycles. The molecule has 0 saturated carbocycles. The number of fused-ring (bicyclic) bond motifs is 2. The molecule has 8 nitrogen and oxygen atoms in total. The maximum Gasteiger partial charge on any atom is 0.407 e. The van der Waals surface area contributed by atoms with Crippen LogP contribution >= 0.6 is 0 Å². The number of hydrogen-bond acceptors (Lipinski definition) is 4. The quantitative estimate of drug-likeness (QED) is 0.559. The number of aromatic nitrogens is 2. The lowest BCUT2D eigenvalue weighted by Crippen LogP contribution is -2.42. The Morgan fingerprint density at radius 2 is 1.94 bits per heavy atom. The van der Waals surface area contributed by atoms with Crippen LogP contribution in [0.15, 0.2) is 30.6 Å². The minimum atomic E-state index is -0.881. The minimum absolute atomic E-state index is 0.0208. The van der Waals surface area contributed by atoms with Crippen molar-refractivity contribution in [1.82, 2.24) is 19.8 Å². The summed E-state index contributed by atoms with van der Waals surface area (Å²) in [5, 5.41) is 11.0. The Balaban J connectivity index is 1.41. The van der Waals surface area contributed by atoms with Crippen LogP contribution in [0.4, 0.5) is 4.79 Å². The standard InChI is InChI=1S/C28H32N4O4/c1-17-14-29-26-22(17)13-21(15-30-26)20-11-19-4-8-31(27(33)18-5-9-36-10-6-18)16-24(19)23(12-20)25-3-2-7-32(25)28(34)35/h11-15,18,25H,2-10,16H2,1H3,(H,29,30)(H,34,35). The smallest absolute Gasteiger partial charge is 0.407 e. The Morgan fingerprint density at radius 3 is 2.75 bits per heavy atom. The Hall–Kier alpha value is -3.39. The second kappa shape index (κ2) is 9.24. The number of rotatable bonds is 3. The molecule has 2 N–H and O–H groups in total. The molecule has 0 spiro atoms. The third kappa shape index (κ3) is 4.03. The Morgan fingerprint density at radius 1 is 1.11 bits per heavy atom. The number of aromatic amines is 1. The third-order valence-electron chi connectivity index (χ3n) is 8.19. The highest BCUT2D eigenvalue weighted by atomic mass is 16.5. The summed E-state index contributed by atoms with van der Waals surface area (Å²) in [4.78, 5) is 36.8. The number of benzene rings is 1. The van der Waals surface area contributed by atoms with Gasteiger partial charge in [-0.1, -0.05) is 6.07 Å². The van der Waals surface area contributed by atoms with Crippen molar-refractivity contribution in [2.24, 2.45) is 5.92 Å². The molecular weight excluding hydrogens is 456 g/mol. The molecule has 1 unspecified atom stereocenters. The molecule has 0 aliphatic carbocycles. The number of ether oxygens (including phenoxy) is 1. The SMILES string of the molecule is Cc1c[nH]c2ncc(-c3cc4c(c(C5CCCN5C(=O)O)c3)CN(C(=O)C3CCOCC3)CC4)cc12. The van der Waals surface area contributed by atoms with Crippen LogP contribution in [-0.4, -0.2) is 63.2 Å². The van der Waals surface area contributed by atoms with Crippen LogP contribution < -0.4 is 0 Å². The second-order valence-corrected chi connectivity index (χ2v) is 10.3. The van der Waals surface area contributed by atoms with Gasteiger partial charge in [0.2, 0.25) is 5.91 Å². The van der Waals surface area contributed by atoms with E-state index in [0.717, 1.165) is 71.0 Å². The predicted octanol–water partition coefficient (Wildman–Crippen LogP) is 4.66. The summed E-state index contributed by atoms with van der Waals surface area (Å²) in [6.07, 6.45) is 6.93. The first-order chi connectivity index (χ1) is 17.5. The van der Waals surface area contributed by atoms with Crippen molar-refractivity contribution in [2.45, 2.75) is 51.6 Å². The average Bonchev–Trinajstić information content (AvgIpc) is 3.55. The van der Waals surface area contributed by atoms with Gasteiger partial charge in [0, 0.05) is 62.1 Å². The fourth-order valence-electron chi connectivity index (χ4n) is 6.16. The predicted molar refractivity (Wildman–Crippen MR) is 136 cm³/mol. The van der Waals surface area contributed by atoms with E-state index in [1.165, 1.54) is 5.56 Å². The van der Waals surface area contributed by atoms with Crippen LogP contribution in [-0.2, 0) is 22.5 Å². The summed E-state index contributed by atoms with van der Waals surface area (Å²) in [6.45, 7) is 5.12. The lowest BCUT2D eigenvalue weighted by atomic mass is 9.86. The van der Waals surface area contributed by atoms with Gasteiger partial charge in [-0.05, 0) is 79.0 Å². The molecule has 1 aromatic carbocycles. The molecule has 3 aliphatic rings. The van der Waals surface area contributed by atoms with Crippen LogP contribution in [0.2, 0.25) is 0 Å². The zero-order chi connectivity index (χ0) is 24.8. The summed E-state index contributed by atoms with van der Waals surface area (Å²) >= 11 is 0. The van der Waals surface area contributed by atoms with E-state index < -0.39 is 6.09 Å². The van der Waals surface area contributed by atoms with E-state index in [0.29, 0.717) is 32.8 Å². The Kier molecular flexibility index (Phi) is 5.91. The molecule has 8 heteroatoms. The number of pyridine rings is 1. The molecular formula is C28H32N4O4. The van der Waals surface area contributed by atoms with E-state index in [1.54, 1.807) is 4.90 Å². The maximum absolute atomic E-state index is 13.3. The second-order valence-electron chi connectivity index (χ2n) is 10.3. The number of nitrogens with one attached hydrogen (secondary N) is 1. The van der Waals surface area contributed by atoms with Crippen LogP contribution in [0.25, 0.3) is 22.2 Å². The highest BCUT2D eigenvalue weighted by molar-refractivity contribution is 5.85. The monoisotopic (exact) mass is 488 g/mol. The number of carboxylic acid groups (broad SMARTS) is 1. The zero-order valence-corrected chi connectivity index (χ0v) is 20.6. The Bertz CT molecular complexity index is 1330. The Labute approximate surface area is 210 Å². The van der Waals surface area contributed by atoms with Crippen LogP contribution in [0, 0.1) is 12.8 Å². The summed E-state index contributed by atoms with van der Waals surface area (Å²) in [6, 6.07) is 6.34. The van der Waals surface area contributed by atoms with Gasteiger partial charge in [-0.2, -0.15) is 0 Å². The van der Waals surface area contributed by atoms with Gasteiger partial charge in [-0.3, -0.25) is 4.79 Å². The number of amides is 2. The van der Waals surface area contributed by atoms with Crippen LogP contribution in [0.3, 0.4) is 0 Å². The van der Waals surface area contributed by atoms with E-state index in [4.69, 9.17) is 4.74 Å². The van der Waals surface area contributed by atoms with E-state index in [-0.39, 0.29) is 17.9 Å². The molecule has 0 bridgehead atoms. The van der Waals surface area contributed by atoms with E-state index >= 15 is 0 Å². The van der Waals surface area contributed by atoms with Gasteiger partial charge >= 0.3 is 6.09 Å². The molecule has 2 aromatic heterocycles. The van der Waals surface area contributed by atoms with Crippen LogP contribution in [0.5, 0.6) is 0 Å². The molecule has 1 atom stereocenters.